The molecule has 0 fully saturated rings. The average molecular weight is 287 g/mol. The van der Waals surface area contributed by atoms with E-state index in [4.69, 9.17) is 0 Å². The summed E-state index contributed by atoms with van der Waals surface area (Å²) < 4.78 is 0. The Labute approximate surface area is 126 Å². The second-order valence-corrected chi connectivity index (χ2v) is 6.02. The van der Waals surface area contributed by atoms with Crippen molar-refractivity contribution < 1.29 is 0 Å². The van der Waals surface area contributed by atoms with Crippen LogP contribution in [0.1, 0.15) is 30.8 Å². The van der Waals surface area contributed by atoms with E-state index in [1.807, 2.05) is 0 Å². The van der Waals surface area contributed by atoms with Gasteiger partial charge in [-0.2, -0.15) is 4.80 Å². The van der Waals surface area contributed by atoms with Crippen molar-refractivity contribution in [3.8, 4) is 0 Å². The standard InChI is InChI=1S/C16H25N5/c1-12(2)17-11-15(10-16-18-20-21(4)19-16)9-14-7-5-13(3)6-8-14/h5-8,12,15,17H,9-11H2,1-4H3. The molecule has 2 rings (SSSR count). The number of benzene rings is 1. The fraction of sp³-hybridized carbons (Fsp3) is 0.562. The molecule has 0 saturated carbocycles. The van der Waals surface area contributed by atoms with Crippen molar-refractivity contribution in [1.82, 2.24) is 25.5 Å². The summed E-state index contributed by atoms with van der Waals surface area (Å²) in [6.45, 7) is 7.42. The molecule has 0 saturated heterocycles. The van der Waals surface area contributed by atoms with Crippen LogP contribution in [0, 0.1) is 12.8 Å². The highest BCUT2D eigenvalue weighted by Gasteiger charge is 2.14. The van der Waals surface area contributed by atoms with Crippen LogP contribution >= 0.6 is 0 Å². The van der Waals surface area contributed by atoms with E-state index < -0.39 is 0 Å². The number of nitrogens with zero attached hydrogens (tertiary/aromatic N) is 4. The minimum atomic E-state index is 0.472. The molecule has 114 valence electrons. The number of hydrogen-bond acceptors (Lipinski definition) is 4. The molecule has 0 amide bonds. The number of rotatable bonds is 7. The van der Waals surface area contributed by atoms with E-state index in [0.717, 1.165) is 25.2 Å². The van der Waals surface area contributed by atoms with Crippen molar-refractivity contribution in [1.29, 1.82) is 0 Å². The monoisotopic (exact) mass is 287 g/mol. The highest BCUT2D eigenvalue weighted by atomic mass is 15.6. The number of aromatic nitrogens is 4. The molecule has 0 aliphatic carbocycles. The molecule has 1 aromatic carbocycles. The summed E-state index contributed by atoms with van der Waals surface area (Å²) >= 11 is 0. The van der Waals surface area contributed by atoms with Gasteiger partial charge in [-0.05, 0) is 36.6 Å². The second kappa shape index (κ2) is 7.31. The van der Waals surface area contributed by atoms with E-state index >= 15 is 0 Å². The van der Waals surface area contributed by atoms with E-state index in [9.17, 15) is 0 Å². The fourth-order valence-corrected chi connectivity index (χ4v) is 2.34. The van der Waals surface area contributed by atoms with Gasteiger partial charge in [0.2, 0.25) is 0 Å². The summed E-state index contributed by atoms with van der Waals surface area (Å²) in [7, 11) is 1.80. The van der Waals surface area contributed by atoms with Gasteiger partial charge in [-0.15, -0.1) is 10.2 Å². The fourth-order valence-electron chi connectivity index (χ4n) is 2.34. The Kier molecular flexibility index (Phi) is 5.44. The van der Waals surface area contributed by atoms with Crippen LogP contribution in [0.15, 0.2) is 24.3 Å². The molecule has 1 heterocycles. The zero-order valence-electron chi connectivity index (χ0n) is 13.4. The number of hydrogen-bond donors (Lipinski definition) is 1. The Bertz CT molecular complexity index is 544. The van der Waals surface area contributed by atoms with Crippen LogP contribution in [0.5, 0.6) is 0 Å². The molecule has 1 aromatic heterocycles. The largest absolute Gasteiger partial charge is 0.314 e. The lowest BCUT2D eigenvalue weighted by Gasteiger charge is -2.18. The number of tetrazole rings is 1. The van der Waals surface area contributed by atoms with E-state index in [-0.39, 0.29) is 0 Å². The van der Waals surface area contributed by atoms with Gasteiger partial charge >= 0.3 is 0 Å². The summed E-state index contributed by atoms with van der Waals surface area (Å²) in [5.74, 6) is 1.29. The third kappa shape index (κ3) is 5.27. The van der Waals surface area contributed by atoms with Gasteiger partial charge in [-0.1, -0.05) is 43.7 Å². The lowest BCUT2D eigenvalue weighted by Crippen LogP contribution is -2.31. The maximum Gasteiger partial charge on any atom is 0.175 e. The van der Waals surface area contributed by atoms with E-state index in [1.165, 1.54) is 15.9 Å². The molecule has 0 radical (unpaired) electrons. The van der Waals surface area contributed by atoms with Gasteiger partial charge in [-0.25, -0.2) is 0 Å². The van der Waals surface area contributed by atoms with Gasteiger partial charge in [0.05, 0.1) is 7.05 Å². The summed E-state index contributed by atoms with van der Waals surface area (Å²) in [5, 5.41) is 15.9. The second-order valence-electron chi connectivity index (χ2n) is 6.02. The average Bonchev–Trinajstić information content (AvgIpc) is 2.84. The highest BCUT2D eigenvalue weighted by Crippen LogP contribution is 2.13. The predicted octanol–water partition coefficient (Wildman–Crippen LogP) is 1.92. The van der Waals surface area contributed by atoms with Crippen LogP contribution in [-0.2, 0) is 19.9 Å². The zero-order valence-corrected chi connectivity index (χ0v) is 13.4. The van der Waals surface area contributed by atoms with Crippen LogP contribution in [0.2, 0.25) is 0 Å². The molecule has 1 unspecified atom stereocenters. The molecular weight excluding hydrogens is 262 g/mol. The summed E-state index contributed by atoms with van der Waals surface area (Å²) in [6.07, 6.45) is 1.87. The molecule has 5 heteroatoms. The first-order valence-corrected chi connectivity index (χ1v) is 7.54. The lowest BCUT2D eigenvalue weighted by atomic mass is 9.95. The molecule has 1 atom stereocenters. The van der Waals surface area contributed by atoms with Crippen molar-refractivity contribution in [3.05, 3.63) is 41.2 Å². The molecule has 21 heavy (non-hydrogen) atoms. The Morgan fingerprint density at radius 2 is 1.86 bits per heavy atom. The van der Waals surface area contributed by atoms with E-state index in [1.54, 1.807) is 7.05 Å². The minimum Gasteiger partial charge on any atom is -0.314 e. The molecule has 0 bridgehead atoms. The van der Waals surface area contributed by atoms with Crippen LogP contribution < -0.4 is 5.32 Å². The summed E-state index contributed by atoms with van der Waals surface area (Å²) in [5.41, 5.74) is 2.66. The van der Waals surface area contributed by atoms with Gasteiger partial charge in [0.15, 0.2) is 5.82 Å². The molecule has 0 aliphatic heterocycles. The van der Waals surface area contributed by atoms with Gasteiger partial charge in [0.25, 0.3) is 0 Å². The first-order valence-electron chi connectivity index (χ1n) is 7.54. The quantitative estimate of drug-likeness (QED) is 0.845. The van der Waals surface area contributed by atoms with Gasteiger partial charge in [0.1, 0.15) is 0 Å². The molecule has 0 spiro atoms. The van der Waals surface area contributed by atoms with E-state index in [2.05, 4.69) is 65.8 Å². The Morgan fingerprint density at radius 3 is 2.43 bits per heavy atom. The zero-order chi connectivity index (χ0) is 15.2. The van der Waals surface area contributed by atoms with Crippen molar-refractivity contribution >= 4 is 0 Å². The van der Waals surface area contributed by atoms with Gasteiger partial charge in [0, 0.05) is 12.5 Å². The smallest absolute Gasteiger partial charge is 0.175 e. The van der Waals surface area contributed by atoms with Crippen molar-refractivity contribution in [2.75, 3.05) is 6.54 Å². The Morgan fingerprint density at radius 1 is 1.14 bits per heavy atom. The molecular formula is C16H25N5. The minimum absolute atomic E-state index is 0.472. The first kappa shape index (κ1) is 15.6. The van der Waals surface area contributed by atoms with Gasteiger partial charge in [-0.3, -0.25) is 0 Å². The normalized spacial score (nSPS) is 12.8. The van der Waals surface area contributed by atoms with Crippen LogP contribution in [0.3, 0.4) is 0 Å². The van der Waals surface area contributed by atoms with Crippen LogP contribution in [-0.4, -0.2) is 32.8 Å². The van der Waals surface area contributed by atoms with Crippen LogP contribution in [0.4, 0.5) is 0 Å². The van der Waals surface area contributed by atoms with Gasteiger partial charge < -0.3 is 5.32 Å². The number of aryl methyl sites for hydroxylation is 2. The lowest BCUT2D eigenvalue weighted by molar-refractivity contribution is 0.436. The maximum atomic E-state index is 4.30. The maximum absolute atomic E-state index is 4.30. The highest BCUT2D eigenvalue weighted by molar-refractivity contribution is 5.21. The SMILES string of the molecule is Cc1ccc(CC(CNC(C)C)Cc2nnn(C)n2)cc1. The molecule has 5 nitrogen and oxygen atoms in total. The first-order chi connectivity index (χ1) is 10.0. The Hall–Kier alpha value is -1.75. The predicted molar refractivity (Wildman–Crippen MR) is 84.0 cm³/mol. The molecule has 1 N–H and O–H groups in total. The number of nitrogens with one attached hydrogen (secondary N) is 1. The van der Waals surface area contributed by atoms with Crippen molar-refractivity contribution in [2.45, 2.75) is 39.7 Å². The van der Waals surface area contributed by atoms with Crippen molar-refractivity contribution in [2.24, 2.45) is 13.0 Å². The molecule has 0 aliphatic rings. The topological polar surface area (TPSA) is 55.6 Å². The summed E-state index contributed by atoms with van der Waals surface area (Å²) in [4.78, 5) is 1.52. The third-order valence-corrected chi connectivity index (χ3v) is 3.48. The third-order valence-electron chi connectivity index (χ3n) is 3.48. The molecule has 2 aromatic rings. The van der Waals surface area contributed by atoms with Crippen molar-refractivity contribution in [3.63, 3.8) is 0 Å². The van der Waals surface area contributed by atoms with Crippen LogP contribution in [0.25, 0.3) is 0 Å². The van der Waals surface area contributed by atoms with E-state index in [0.29, 0.717) is 12.0 Å². The summed E-state index contributed by atoms with van der Waals surface area (Å²) in [6, 6.07) is 9.25. The Balaban J connectivity index is 2.02.